The van der Waals surface area contributed by atoms with Crippen molar-refractivity contribution in [2.24, 2.45) is 5.92 Å². The number of benzene rings is 1. The summed E-state index contributed by atoms with van der Waals surface area (Å²) < 4.78 is 0. The Balaban J connectivity index is 2.10. The van der Waals surface area contributed by atoms with Crippen LogP contribution in [0, 0.1) is 5.92 Å². The molecule has 1 aromatic rings. The van der Waals surface area contributed by atoms with Crippen LogP contribution in [0.2, 0.25) is 5.02 Å². The number of nitrogens with one attached hydrogen (secondary N) is 1. The van der Waals surface area contributed by atoms with Crippen molar-refractivity contribution in [1.29, 1.82) is 0 Å². The van der Waals surface area contributed by atoms with E-state index in [0.717, 1.165) is 31.2 Å². The third-order valence-electron chi connectivity index (χ3n) is 3.65. The molecule has 2 rings (SSSR count). The third kappa shape index (κ3) is 4.12. The Kier molecular flexibility index (Phi) is 5.53. The summed E-state index contributed by atoms with van der Waals surface area (Å²) in [6.45, 7) is 8.68. The Morgan fingerprint density at radius 2 is 1.95 bits per heavy atom. The fraction of sp³-hybridized carbons (Fsp3) is 0.625. The van der Waals surface area contributed by atoms with Crippen LogP contribution < -0.4 is 10.2 Å². The molecular weight excluding hydrogens is 256 g/mol. The first-order chi connectivity index (χ1) is 9.18. The van der Waals surface area contributed by atoms with Crippen LogP contribution in [0.15, 0.2) is 18.2 Å². The molecule has 0 radical (unpaired) electrons. The molecule has 2 nitrogen and oxygen atoms in total. The Morgan fingerprint density at radius 3 is 2.63 bits per heavy atom. The lowest BCUT2D eigenvalue weighted by Crippen LogP contribution is -2.31. The summed E-state index contributed by atoms with van der Waals surface area (Å²) in [4.78, 5) is 2.49. The van der Waals surface area contributed by atoms with Crippen molar-refractivity contribution in [2.45, 2.75) is 39.7 Å². The van der Waals surface area contributed by atoms with Gasteiger partial charge in [0.1, 0.15) is 0 Å². The summed E-state index contributed by atoms with van der Waals surface area (Å²) in [6.07, 6.45) is 3.95. The summed E-state index contributed by atoms with van der Waals surface area (Å²) in [7, 11) is 0. The highest BCUT2D eigenvalue weighted by Crippen LogP contribution is 2.29. The van der Waals surface area contributed by atoms with Gasteiger partial charge in [-0.15, -0.1) is 0 Å². The minimum absolute atomic E-state index is 0.668. The van der Waals surface area contributed by atoms with Crippen LogP contribution in [0.4, 0.5) is 5.69 Å². The van der Waals surface area contributed by atoms with Crippen molar-refractivity contribution in [1.82, 2.24) is 5.32 Å². The van der Waals surface area contributed by atoms with E-state index in [0.29, 0.717) is 5.92 Å². The smallest absolute Gasteiger partial charge is 0.0471 e. The summed E-state index contributed by atoms with van der Waals surface area (Å²) in [5.74, 6) is 0.668. The highest BCUT2D eigenvalue weighted by Gasteiger charge is 2.16. The van der Waals surface area contributed by atoms with Gasteiger partial charge in [-0.05, 0) is 43.9 Å². The first-order valence-corrected chi connectivity index (χ1v) is 7.79. The molecule has 0 saturated carbocycles. The van der Waals surface area contributed by atoms with Crippen molar-refractivity contribution in [3.05, 3.63) is 28.8 Å². The second kappa shape index (κ2) is 7.16. The van der Waals surface area contributed by atoms with E-state index in [1.165, 1.54) is 30.5 Å². The monoisotopic (exact) mass is 280 g/mol. The molecule has 106 valence electrons. The van der Waals surface area contributed by atoms with Gasteiger partial charge < -0.3 is 10.2 Å². The van der Waals surface area contributed by atoms with Crippen molar-refractivity contribution >= 4 is 17.3 Å². The summed E-state index contributed by atoms with van der Waals surface area (Å²) >= 11 is 6.40. The average molecular weight is 281 g/mol. The van der Waals surface area contributed by atoms with E-state index in [4.69, 9.17) is 11.6 Å². The van der Waals surface area contributed by atoms with Crippen LogP contribution >= 0.6 is 11.6 Å². The topological polar surface area (TPSA) is 15.3 Å². The maximum absolute atomic E-state index is 6.40. The minimum Gasteiger partial charge on any atom is -0.371 e. The number of anilines is 1. The van der Waals surface area contributed by atoms with Gasteiger partial charge in [-0.2, -0.15) is 0 Å². The van der Waals surface area contributed by atoms with Gasteiger partial charge in [-0.3, -0.25) is 0 Å². The van der Waals surface area contributed by atoms with E-state index in [1.807, 2.05) is 6.07 Å². The third-order valence-corrected chi connectivity index (χ3v) is 4.00. The number of hydrogen-bond donors (Lipinski definition) is 1. The molecule has 0 atom stereocenters. The molecule has 1 aliphatic heterocycles. The van der Waals surface area contributed by atoms with E-state index in [1.54, 1.807) is 0 Å². The maximum atomic E-state index is 6.40. The van der Waals surface area contributed by atoms with Gasteiger partial charge in [0.05, 0.1) is 0 Å². The molecule has 1 heterocycles. The average Bonchev–Trinajstić information content (AvgIpc) is 2.41. The molecule has 0 aliphatic carbocycles. The predicted octanol–water partition coefficient (Wildman–Crippen LogP) is 4.08. The number of rotatable bonds is 5. The van der Waals surface area contributed by atoms with Crippen LogP contribution in [0.5, 0.6) is 0 Å². The van der Waals surface area contributed by atoms with E-state index >= 15 is 0 Å². The molecule has 1 fully saturated rings. The summed E-state index contributed by atoms with van der Waals surface area (Å²) in [5, 5.41) is 4.40. The second-order valence-electron chi connectivity index (χ2n) is 5.81. The lowest BCUT2D eigenvalue weighted by atomic mass is 10.1. The van der Waals surface area contributed by atoms with Crippen molar-refractivity contribution < 1.29 is 0 Å². The first kappa shape index (κ1) is 14.7. The minimum atomic E-state index is 0.668. The summed E-state index contributed by atoms with van der Waals surface area (Å²) in [5.41, 5.74) is 2.58. The lowest BCUT2D eigenvalue weighted by molar-refractivity contribution is 0.547. The first-order valence-electron chi connectivity index (χ1n) is 7.41. The molecule has 19 heavy (non-hydrogen) atoms. The van der Waals surface area contributed by atoms with Gasteiger partial charge in [-0.1, -0.05) is 31.5 Å². The fourth-order valence-electron chi connectivity index (χ4n) is 2.64. The van der Waals surface area contributed by atoms with Crippen LogP contribution in [0.3, 0.4) is 0 Å². The van der Waals surface area contributed by atoms with Crippen LogP contribution in [-0.2, 0) is 6.54 Å². The fourth-order valence-corrected chi connectivity index (χ4v) is 2.88. The molecule has 0 bridgehead atoms. The van der Waals surface area contributed by atoms with Gasteiger partial charge in [0.15, 0.2) is 0 Å². The normalized spacial score (nSPS) is 16.1. The van der Waals surface area contributed by atoms with E-state index < -0.39 is 0 Å². The second-order valence-corrected chi connectivity index (χ2v) is 6.22. The molecule has 1 aliphatic rings. The SMILES string of the molecule is CC(C)CNCc1c(Cl)cccc1N1CCCCC1. The largest absolute Gasteiger partial charge is 0.371 e. The van der Waals surface area contributed by atoms with Gasteiger partial charge >= 0.3 is 0 Å². The van der Waals surface area contributed by atoms with Crippen molar-refractivity contribution in [3.63, 3.8) is 0 Å². The van der Waals surface area contributed by atoms with Crippen LogP contribution in [0.25, 0.3) is 0 Å². The predicted molar refractivity (Wildman–Crippen MR) is 84.1 cm³/mol. The highest BCUT2D eigenvalue weighted by atomic mass is 35.5. The molecule has 1 N–H and O–H groups in total. The highest BCUT2D eigenvalue weighted by molar-refractivity contribution is 6.31. The number of hydrogen-bond acceptors (Lipinski definition) is 2. The van der Waals surface area contributed by atoms with Gasteiger partial charge in [0.2, 0.25) is 0 Å². The molecule has 0 aromatic heterocycles. The zero-order chi connectivity index (χ0) is 13.7. The molecule has 0 amide bonds. The molecule has 1 aromatic carbocycles. The number of nitrogens with zero attached hydrogens (tertiary/aromatic N) is 1. The van der Waals surface area contributed by atoms with Gasteiger partial charge in [0, 0.05) is 35.9 Å². The number of halogens is 1. The zero-order valence-electron chi connectivity index (χ0n) is 12.1. The molecule has 0 spiro atoms. The Hall–Kier alpha value is -0.730. The van der Waals surface area contributed by atoms with Gasteiger partial charge in [0.25, 0.3) is 0 Å². The maximum Gasteiger partial charge on any atom is 0.0471 e. The van der Waals surface area contributed by atoms with E-state index in [2.05, 4.69) is 36.2 Å². The number of piperidine rings is 1. The molecule has 1 saturated heterocycles. The zero-order valence-corrected chi connectivity index (χ0v) is 12.8. The van der Waals surface area contributed by atoms with Crippen LogP contribution in [-0.4, -0.2) is 19.6 Å². The van der Waals surface area contributed by atoms with E-state index in [-0.39, 0.29) is 0 Å². The van der Waals surface area contributed by atoms with E-state index in [9.17, 15) is 0 Å². The molecular formula is C16H25ClN2. The van der Waals surface area contributed by atoms with Crippen molar-refractivity contribution in [2.75, 3.05) is 24.5 Å². The van der Waals surface area contributed by atoms with Crippen LogP contribution in [0.1, 0.15) is 38.7 Å². The Morgan fingerprint density at radius 1 is 1.21 bits per heavy atom. The summed E-state index contributed by atoms with van der Waals surface area (Å²) in [6, 6.07) is 6.28. The lowest BCUT2D eigenvalue weighted by Gasteiger charge is -2.31. The standard InChI is InChI=1S/C16H25ClN2/c1-13(2)11-18-12-14-15(17)7-6-8-16(14)19-9-4-3-5-10-19/h6-8,13,18H,3-5,9-12H2,1-2H3. The molecule has 0 unspecified atom stereocenters. The Bertz CT molecular complexity index is 398. The quantitative estimate of drug-likeness (QED) is 0.874. The van der Waals surface area contributed by atoms with Gasteiger partial charge in [-0.25, -0.2) is 0 Å². The molecule has 3 heteroatoms. The van der Waals surface area contributed by atoms with Crippen molar-refractivity contribution in [3.8, 4) is 0 Å². The Labute approximate surface area is 122 Å².